The smallest absolute Gasteiger partial charge is 0.179 e. The molecular weight excluding hydrogens is 130 g/mol. The van der Waals surface area contributed by atoms with E-state index in [0.717, 1.165) is 0 Å². The maximum Gasteiger partial charge on any atom is 0.179 e. The molecule has 0 aromatic rings. The molecule has 0 spiro atoms. The summed E-state index contributed by atoms with van der Waals surface area (Å²) in [6.07, 6.45) is 1.61. The van der Waals surface area contributed by atoms with Crippen LogP contribution in [0.3, 0.4) is 0 Å². The molecule has 0 unspecified atom stereocenters. The van der Waals surface area contributed by atoms with E-state index in [2.05, 4.69) is 4.99 Å². The van der Waals surface area contributed by atoms with Crippen LogP contribution < -0.4 is 0 Å². The number of Topliss-reactive ketones (excluding diaryl/α,β-unsaturated/α-hetero) is 1. The Morgan fingerprint density at radius 3 is 2.90 bits per heavy atom. The minimum Gasteiger partial charge on any atom is -0.374 e. The molecule has 0 atom stereocenters. The van der Waals surface area contributed by atoms with Crippen molar-refractivity contribution in [1.82, 2.24) is 0 Å². The third-order valence-corrected chi connectivity index (χ3v) is 0.917. The number of ketones is 1. The van der Waals surface area contributed by atoms with Gasteiger partial charge in [-0.25, -0.2) is 0 Å². The summed E-state index contributed by atoms with van der Waals surface area (Å²) in [6.45, 7) is 4.66. The fraction of sp³-hybridized carbons (Fsp3) is 0.714. The molecule has 0 aliphatic carbocycles. The van der Waals surface area contributed by atoms with Gasteiger partial charge in [-0.3, -0.25) is 9.79 Å². The van der Waals surface area contributed by atoms with Gasteiger partial charge in [-0.2, -0.15) is 0 Å². The van der Waals surface area contributed by atoms with E-state index in [0.29, 0.717) is 6.61 Å². The van der Waals surface area contributed by atoms with Gasteiger partial charge in [-0.05, 0) is 20.1 Å². The molecule has 0 radical (unpaired) electrons. The van der Waals surface area contributed by atoms with Gasteiger partial charge in [0.25, 0.3) is 0 Å². The van der Waals surface area contributed by atoms with Gasteiger partial charge in [-0.1, -0.05) is 0 Å². The first-order valence-electron chi connectivity index (χ1n) is 3.35. The number of carbonyl (C=O) groups is 1. The highest BCUT2D eigenvalue weighted by Crippen LogP contribution is 1.78. The fourth-order valence-corrected chi connectivity index (χ4v) is 0.455. The minimum absolute atomic E-state index is 0.0277. The van der Waals surface area contributed by atoms with Gasteiger partial charge in [0.2, 0.25) is 0 Å². The van der Waals surface area contributed by atoms with Crippen molar-refractivity contribution < 1.29 is 9.53 Å². The Balaban J connectivity index is 3.25. The first kappa shape index (κ1) is 9.30. The van der Waals surface area contributed by atoms with Gasteiger partial charge in [0, 0.05) is 6.61 Å². The number of ether oxygens (including phenoxy) is 1. The molecule has 58 valence electrons. The van der Waals surface area contributed by atoms with Crippen molar-refractivity contribution in [2.45, 2.75) is 13.8 Å². The Kier molecular flexibility index (Phi) is 5.97. The monoisotopic (exact) mass is 143 g/mol. The summed E-state index contributed by atoms with van der Waals surface area (Å²) >= 11 is 0. The van der Waals surface area contributed by atoms with Crippen LogP contribution in [0.2, 0.25) is 0 Å². The highest BCUT2D eigenvalue weighted by molar-refractivity contribution is 5.82. The van der Waals surface area contributed by atoms with Crippen molar-refractivity contribution in [3.05, 3.63) is 0 Å². The number of carbonyl (C=O) groups excluding carboxylic acids is 1. The summed E-state index contributed by atoms with van der Waals surface area (Å²) < 4.78 is 4.87. The summed E-state index contributed by atoms with van der Waals surface area (Å²) in [5.41, 5.74) is 0. The zero-order valence-corrected chi connectivity index (χ0v) is 6.46. The molecule has 0 bridgehead atoms. The molecule has 3 nitrogen and oxygen atoms in total. The lowest BCUT2D eigenvalue weighted by molar-refractivity contribution is -0.121. The van der Waals surface area contributed by atoms with Crippen molar-refractivity contribution in [3.63, 3.8) is 0 Å². The third kappa shape index (κ3) is 5.44. The average molecular weight is 143 g/mol. The number of rotatable bonds is 5. The minimum atomic E-state index is 0.0277. The third-order valence-electron chi connectivity index (χ3n) is 0.917. The van der Waals surface area contributed by atoms with E-state index in [-0.39, 0.29) is 18.9 Å². The largest absolute Gasteiger partial charge is 0.374 e. The molecule has 0 rings (SSSR count). The Hall–Kier alpha value is -0.700. The quantitative estimate of drug-likeness (QED) is 0.531. The molecule has 10 heavy (non-hydrogen) atoms. The van der Waals surface area contributed by atoms with Gasteiger partial charge < -0.3 is 4.74 Å². The molecule has 3 heteroatoms. The van der Waals surface area contributed by atoms with Crippen LogP contribution in [0.15, 0.2) is 4.99 Å². The van der Waals surface area contributed by atoms with Crippen molar-refractivity contribution in [3.8, 4) is 0 Å². The summed E-state index contributed by atoms with van der Waals surface area (Å²) in [4.78, 5) is 14.5. The van der Waals surface area contributed by atoms with Crippen molar-refractivity contribution in [1.29, 1.82) is 0 Å². The Morgan fingerprint density at radius 2 is 2.40 bits per heavy atom. The molecule has 0 aliphatic rings. The van der Waals surface area contributed by atoms with E-state index in [1.165, 1.54) is 0 Å². The lowest BCUT2D eigenvalue weighted by atomic mass is 10.4. The van der Waals surface area contributed by atoms with Gasteiger partial charge >= 0.3 is 0 Å². The van der Waals surface area contributed by atoms with Crippen molar-refractivity contribution >= 4 is 12.0 Å². The van der Waals surface area contributed by atoms with Crippen LogP contribution in [0.5, 0.6) is 0 Å². The van der Waals surface area contributed by atoms with Crippen LogP contribution in [-0.4, -0.2) is 31.8 Å². The van der Waals surface area contributed by atoms with Crippen molar-refractivity contribution in [2.75, 3.05) is 19.8 Å². The predicted octanol–water partition coefficient (Wildman–Crippen LogP) is 0.683. The van der Waals surface area contributed by atoms with Crippen LogP contribution >= 0.6 is 0 Å². The molecule has 0 aliphatic heterocycles. The van der Waals surface area contributed by atoms with E-state index in [1.807, 2.05) is 6.92 Å². The Bertz CT molecular complexity index is 121. The lowest BCUT2D eigenvalue weighted by Crippen LogP contribution is -2.11. The SMILES string of the molecule is CC=NCC(=O)COCC. The second kappa shape index (κ2) is 6.42. The molecule has 0 fully saturated rings. The van der Waals surface area contributed by atoms with E-state index in [1.54, 1.807) is 13.1 Å². The van der Waals surface area contributed by atoms with Crippen LogP contribution in [0.25, 0.3) is 0 Å². The second-order valence-electron chi connectivity index (χ2n) is 1.77. The molecule has 0 amide bonds. The first-order valence-corrected chi connectivity index (χ1v) is 3.35. The number of aliphatic imine (C=N–C) groups is 1. The maximum atomic E-state index is 10.7. The van der Waals surface area contributed by atoms with E-state index >= 15 is 0 Å². The topological polar surface area (TPSA) is 38.7 Å². The van der Waals surface area contributed by atoms with E-state index in [9.17, 15) is 4.79 Å². The highest BCUT2D eigenvalue weighted by Gasteiger charge is 1.96. The van der Waals surface area contributed by atoms with E-state index < -0.39 is 0 Å². The fourth-order valence-electron chi connectivity index (χ4n) is 0.455. The lowest BCUT2D eigenvalue weighted by Gasteiger charge is -1.95. The second-order valence-corrected chi connectivity index (χ2v) is 1.77. The summed E-state index contributed by atoms with van der Waals surface area (Å²) in [7, 11) is 0. The average Bonchev–Trinajstić information content (AvgIpc) is 1.97. The zero-order chi connectivity index (χ0) is 7.82. The number of hydrogen-bond acceptors (Lipinski definition) is 3. The standard InChI is InChI=1S/C7H13NO2/c1-3-8-5-7(9)6-10-4-2/h3H,4-6H2,1-2H3. The molecule has 0 heterocycles. The highest BCUT2D eigenvalue weighted by atomic mass is 16.5. The molecule has 0 aromatic carbocycles. The maximum absolute atomic E-state index is 10.7. The van der Waals surface area contributed by atoms with Crippen LogP contribution in [-0.2, 0) is 9.53 Å². The van der Waals surface area contributed by atoms with Crippen LogP contribution in [0, 0.1) is 0 Å². The van der Waals surface area contributed by atoms with Gasteiger partial charge in [0.1, 0.15) is 6.61 Å². The predicted molar refractivity (Wildman–Crippen MR) is 40.5 cm³/mol. The molecular formula is C7H13NO2. The van der Waals surface area contributed by atoms with Gasteiger partial charge in [0.05, 0.1) is 6.54 Å². The Morgan fingerprint density at radius 1 is 1.70 bits per heavy atom. The molecule has 0 N–H and O–H groups in total. The molecule has 0 aromatic heterocycles. The van der Waals surface area contributed by atoms with Gasteiger partial charge in [-0.15, -0.1) is 0 Å². The molecule has 0 saturated carbocycles. The number of nitrogens with zero attached hydrogens (tertiary/aromatic N) is 1. The van der Waals surface area contributed by atoms with Crippen LogP contribution in [0.4, 0.5) is 0 Å². The summed E-state index contributed by atoms with van der Waals surface area (Å²) in [5, 5.41) is 0. The van der Waals surface area contributed by atoms with Gasteiger partial charge in [0.15, 0.2) is 5.78 Å². The normalized spacial score (nSPS) is 10.6. The number of hydrogen-bond donors (Lipinski definition) is 0. The Labute approximate surface area is 61.1 Å². The summed E-state index contributed by atoms with van der Waals surface area (Å²) in [6, 6.07) is 0. The van der Waals surface area contributed by atoms with Crippen molar-refractivity contribution in [2.24, 2.45) is 4.99 Å². The first-order chi connectivity index (χ1) is 4.81. The summed E-state index contributed by atoms with van der Waals surface area (Å²) in [5.74, 6) is 0.0277. The van der Waals surface area contributed by atoms with Crippen LogP contribution in [0.1, 0.15) is 13.8 Å². The van der Waals surface area contributed by atoms with E-state index in [4.69, 9.17) is 4.74 Å². The molecule has 0 saturated heterocycles. The zero-order valence-electron chi connectivity index (χ0n) is 6.46.